The average molecular weight is 241 g/mol. The van der Waals surface area contributed by atoms with E-state index in [1.54, 1.807) is 6.26 Å². The van der Waals surface area contributed by atoms with Crippen LogP contribution in [0.4, 0.5) is 5.69 Å². The molecule has 92 valence electrons. The summed E-state index contributed by atoms with van der Waals surface area (Å²) in [5, 5.41) is 0. The number of carbonyl (C=O) groups is 1. The number of para-hydroxylation sites is 1. The molecular formula is C15H15NO2. The first kappa shape index (κ1) is 11.1. The lowest BCUT2D eigenvalue weighted by molar-refractivity contribution is -0.118. The largest absolute Gasteiger partial charge is 0.469 e. The predicted molar refractivity (Wildman–Crippen MR) is 69.5 cm³/mol. The summed E-state index contributed by atoms with van der Waals surface area (Å²) in [6, 6.07) is 11.8. The van der Waals surface area contributed by atoms with Crippen molar-refractivity contribution in [1.29, 1.82) is 0 Å². The monoisotopic (exact) mass is 241 g/mol. The van der Waals surface area contributed by atoms with Crippen LogP contribution in [0.1, 0.15) is 17.7 Å². The standard InChI is InChI=1S/C15H15NO2/c17-15(11-13-7-4-10-18-13)16-9-3-6-12-5-1-2-8-14(12)16/h1-2,4-5,7-8,10H,3,6,9,11H2. The van der Waals surface area contributed by atoms with Crippen molar-refractivity contribution in [3.63, 3.8) is 0 Å². The Hall–Kier alpha value is -2.03. The van der Waals surface area contributed by atoms with Gasteiger partial charge >= 0.3 is 0 Å². The molecule has 1 aromatic heterocycles. The highest BCUT2D eigenvalue weighted by molar-refractivity contribution is 5.95. The number of fused-ring (bicyclic) bond motifs is 1. The number of rotatable bonds is 2. The van der Waals surface area contributed by atoms with E-state index >= 15 is 0 Å². The molecule has 0 fully saturated rings. The molecule has 3 nitrogen and oxygen atoms in total. The van der Waals surface area contributed by atoms with Crippen molar-refractivity contribution >= 4 is 11.6 Å². The zero-order valence-electron chi connectivity index (χ0n) is 10.1. The minimum Gasteiger partial charge on any atom is -0.469 e. The SMILES string of the molecule is O=C(Cc1ccco1)N1CCCc2ccccc21. The molecule has 0 spiro atoms. The molecule has 0 saturated carbocycles. The summed E-state index contributed by atoms with van der Waals surface area (Å²) in [5.41, 5.74) is 2.32. The van der Waals surface area contributed by atoms with Gasteiger partial charge in [-0.25, -0.2) is 0 Å². The lowest BCUT2D eigenvalue weighted by Gasteiger charge is -2.29. The van der Waals surface area contributed by atoms with Crippen molar-refractivity contribution in [2.45, 2.75) is 19.3 Å². The molecule has 0 unspecified atom stereocenters. The van der Waals surface area contributed by atoms with Crippen LogP contribution in [0.5, 0.6) is 0 Å². The fourth-order valence-corrected chi connectivity index (χ4v) is 2.45. The smallest absolute Gasteiger partial charge is 0.234 e. The highest BCUT2D eigenvalue weighted by Crippen LogP contribution is 2.27. The average Bonchev–Trinajstić information content (AvgIpc) is 2.91. The zero-order valence-corrected chi connectivity index (χ0v) is 10.1. The molecule has 0 N–H and O–H groups in total. The summed E-state index contributed by atoms with van der Waals surface area (Å²) in [6.07, 6.45) is 4.02. The van der Waals surface area contributed by atoms with Gasteiger partial charge in [0.05, 0.1) is 12.7 Å². The van der Waals surface area contributed by atoms with Crippen molar-refractivity contribution in [3.05, 3.63) is 54.0 Å². The Kier molecular flexibility index (Phi) is 2.89. The van der Waals surface area contributed by atoms with Gasteiger partial charge in [-0.2, -0.15) is 0 Å². The Morgan fingerprint density at radius 1 is 1.22 bits per heavy atom. The van der Waals surface area contributed by atoms with Crippen LogP contribution in [0.3, 0.4) is 0 Å². The van der Waals surface area contributed by atoms with Crippen LogP contribution in [0.15, 0.2) is 47.1 Å². The molecule has 1 amide bonds. The minimum atomic E-state index is 0.108. The van der Waals surface area contributed by atoms with E-state index in [1.165, 1.54) is 5.56 Å². The Morgan fingerprint density at radius 3 is 2.94 bits per heavy atom. The van der Waals surface area contributed by atoms with E-state index in [-0.39, 0.29) is 5.91 Å². The van der Waals surface area contributed by atoms with Crippen molar-refractivity contribution in [3.8, 4) is 0 Å². The Morgan fingerprint density at radius 2 is 2.11 bits per heavy atom. The van der Waals surface area contributed by atoms with E-state index in [9.17, 15) is 4.79 Å². The zero-order chi connectivity index (χ0) is 12.4. The second kappa shape index (κ2) is 4.69. The molecule has 1 aliphatic rings. The van der Waals surface area contributed by atoms with Gasteiger partial charge in [0.2, 0.25) is 5.91 Å². The molecule has 2 aromatic rings. The van der Waals surface area contributed by atoms with E-state index in [4.69, 9.17) is 4.42 Å². The van der Waals surface area contributed by atoms with E-state index < -0.39 is 0 Å². The van der Waals surface area contributed by atoms with Crippen molar-refractivity contribution in [2.24, 2.45) is 0 Å². The lowest BCUT2D eigenvalue weighted by Crippen LogP contribution is -2.36. The Labute approximate surface area is 106 Å². The maximum absolute atomic E-state index is 12.3. The molecule has 0 radical (unpaired) electrons. The number of anilines is 1. The molecule has 1 aliphatic heterocycles. The molecule has 2 heterocycles. The number of nitrogens with zero attached hydrogens (tertiary/aromatic N) is 1. The van der Waals surface area contributed by atoms with Gasteiger partial charge in [0.15, 0.2) is 0 Å². The van der Waals surface area contributed by atoms with E-state index in [2.05, 4.69) is 6.07 Å². The van der Waals surface area contributed by atoms with Gasteiger partial charge in [0, 0.05) is 12.2 Å². The topological polar surface area (TPSA) is 33.5 Å². The molecule has 0 saturated heterocycles. The van der Waals surface area contributed by atoms with Crippen LogP contribution < -0.4 is 4.90 Å². The second-order valence-electron chi connectivity index (χ2n) is 4.53. The van der Waals surface area contributed by atoms with E-state index in [1.807, 2.05) is 35.2 Å². The van der Waals surface area contributed by atoms with Gasteiger partial charge in [-0.3, -0.25) is 4.79 Å². The first-order valence-electron chi connectivity index (χ1n) is 6.25. The fraction of sp³-hybridized carbons (Fsp3) is 0.267. The van der Waals surface area contributed by atoms with Gasteiger partial charge in [-0.15, -0.1) is 0 Å². The minimum absolute atomic E-state index is 0.108. The number of carbonyl (C=O) groups excluding carboxylic acids is 1. The second-order valence-corrected chi connectivity index (χ2v) is 4.53. The maximum atomic E-state index is 12.3. The highest BCUT2D eigenvalue weighted by atomic mass is 16.3. The van der Waals surface area contributed by atoms with Gasteiger partial charge in [0.1, 0.15) is 5.76 Å². The Balaban J connectivity index is 1.83. The van der Waals surface area contributed by atoms with Crippen molar-refractivity contribution in [1.82, 2.24) is 0 Å². The summed E-state index contributed by atoms with van der Waals surface area (Å²) in [7, 11) is 0. The van der Waals surface area contributed by atoms with Crippen LogP contribution >= 0.6 is 0 Å². The molecule has 18 heavy (non-hydrogen) atoms. The van der Waals surface area contributed by atoms with Crippen molar-refractivity contribution < 1.29 is 9.21 Å². The number of hydrogen-bond donors (Lipinski definition) is 0. The van der Waals surface area contributed by atoms with Crippen molar-refractivity contribution in [2.75, 3.05) is 11.4 Å². The highest BCUT2D eigenvalue weighted by Gasteiger charge is 2.22. The van der Waals surface area contributed by atoms with Crippen LogP contribution in [-0.2, 0) is 17.6 Å². The van der Waals surface area contributed by atoms with Gasteiger partial charge in [-0.1, -0.05) is 18.2 Å². The first-order chi connectivity index (χ1) is 8.84. The third-order valence-electron chi connectivity index (χ3n) is 3.32. The normalized spacial score (nSPS) is 14.3. The lowest BCUT2D eigenvalue weighted by atomic mass is 10.0. The van der Waals surface area contributed by atoms with Crippen LogP contribution in [0.25, 0.3) is 0 Å². The molecular weight excluding hydrogens is 226 g/mol. The third-order valence-corrected chi connectivity index (χ3v) is 3.32. The van der Waals surface area contributed by atoms with Gasteiger partial charge in [0.25, 0.3) is 0 Å². The molecule has 1 aromatic carbocycles. The summed E-state index contributed by atoms with van der Waals surface area (Å²) in [4.78, 5) is 14.2. The summed E-state index contributed by atoms with van der Waals surface area (Å²) < 4.78 is 5.24. The number of amides is 1. The molecule has 0 aliphatic carbocycles. The quantitative estimate of drug-likeness (QED) is 0.810. The van der Waals surface area contributed by atoms with E-state index in [0.29, 0.717) is 6.42 Å². The van der Waals surface area contributed by atoms with Crippen LogP contribution in [-0.4, -0.2) is 12.5 Å². The van der Waals surface area contributed by atoms with E-state index in [0.717, 1.165) is 30.8 Å². The fourth-order valence-electron chi connectivity index (χ4n) is 2.45. The molecule has 0 bridgehead atoms. The molecule has 3 rings (SSSR count). The number of furan rings is 1. The van der Waals surface area contributed by atoms with Crippen LogP contribution in [0.2, 0.25) is 0 Å². The summed E-state index contributed by atoms with van der Waals surface area (Å²) in [6.45, 7) is 0.802. The first-order valence-corrected chi connectivity index (χ1v) is 6.25. The van der Waals surface area contributed by atoms with Gasteiger partial charge < -0.3 is 9.32 Å². The molecule has 0 atom stereocenters. The summed E-state index contributed by atoms with van der Waals surface area (Å²) >= 11 is 0. The van der Waals surface area contributed by atoms with Crippen LogP contribution in [0, 0.1) is 0 Å². The predicted octanol–water partition coefficient (Wildman–Crippen LogP) is 2.80. The molecule has 3 heteroatoms. The summed E-state index contributed by atoms with van der Waals surface area (Å²) in [5.74, 6) is 0.833. The number of benzene rings is 1. The number of hydrogen-bond acceptors (Lipinski definition) is 2. The number of aryl methyl sites for hydroxylation is 1. The Bertz CT molecular complexity index is 545. The maximum Gasteiger partial charge on any atom is 0.234 e. The van der Waals surface area contributed by atoms with Gasteiger partial charge in [-0.05, 0) is 36.6 Å². The third kappa shape index (κ3) is 2.04.